The van der Waals surface area contributed by atoms with Gasteiger partial charge in [-0.15, -0.1) is 0 Å². The Morgan fingerprint density at radius 1 is 1.71 bits per heavy atom. The number of halogens is 1. The van der Waals surface area contributed by atoms with E-state index in [2.05, 4.69) is 5.32 Å². The van der Waals surface area contributed by atoms with Crippen molar-refractivity contribution >= 4 is 11.6 Å². The minimum atomic E-state index is 0.725. The van der Waals surface area contributed by atoms with Crippen molar-refractivity contribution in [1.82, 2.24) is 5.32 Å². The predicted octanol–water partition coefficient (Wildman–Crippen LogP) is 1.57. The van der Waals surface area contributed by atoms with Crippen LogP contribution in [0.5, 0.6) is 0 Å². The SMILES string of the molecule is ClC1=CCC=CN1. The van der Waals surface area contributed by atoms with E-state index in [-0.39, 0.29) is 0 Å². The summed E-state index contributed by atoms with van der Waals surface area (Å²) < 4.78 is 0. The van der Waals surface area contributed by atoms with Gasteiger partial charge >= 0.3 is 0 Å². The molecule has 1 heterocycles. The molecule has 0 bridgehead atoms. The Morgan fingerprint density at radius 3 is 2.86 bits per heavy atom. The minimum Gasteiger partial charge on any atom is -0.353 e. The average molecular weight is 116 g/mol. The molecule has 2 heteroatoms. The third kappa shape index (κ3) is 1.24. The molecule has 0 aromatic rings. The van der Waals surface area contributed by atoms with E-state index in [4.69, 9.17) is 11.6 Å². The topological polar surface area (TPSA) is 12.0 Å². The predicted molar refractivity (Wildman–Crippen MR) is 30.8 cm³/mol. The van der Waals surface area contributed by atoms with E-state index in [1.54, 1.807) is 0 Å². The number of hydrogen-bond donors (Lipinski definition) is 1. The van der Waals surface area contributed by atoms with Gasteiger partial charge in [-0.25, -0.2) is 0 Å². The van der Waals surface area contributed by atoms with E-state index >= 15 is 0 Å². The highest BCUT2D eigenvalue weighted by atomic mass is 35.5. The van der Waals surface area contributed by atoms with Gasteiger partial charge in [0.05, 0.1) is 0 Å². The van der Waals surface area contributed by atoms with E-state index < -0.39 is 0 Å². The van der Waals surface area contributed by atoms with Gasteiger partial charge in [-0.2, -0.15) is 0 Å². The van der Waals surface area contributed by atoms with Crippen LogP contribution in [-0.2, 0) is 0 Å². The number of hydrogen-bond acceptors (Lipinski definition) is 1. The first-order valence-electron chi connectivity index (χ1n) is 2.17. The molecule has 1 N–H and O–H groups in total. The summed E-state index contributed by atoms with van der Waals surface area (Å²) in [4.78, 5) is 0. The number of rotatable bonds is 0. The van der Waals surface area contributed by atoms with Crippen LogP contribution in [0.3, 0.4) is 0 Å². The Labute approximate surface area is 47.7 Å². The van der Waals surface area contributed by atoms with E-state index in [1.807, 2.05) is 18.4 Å². The summed E-state index contributed by atoms with van der Waals surface area (Å²) in [6.07, 6.45) is 6.71. The number of allylic oxidation sites excluding steroid dienone is 2. The molecule has 1 aliphatic rings. The lowest BCUT2D eigenvalue weighted by Crippen LogP contribution is -2.00. The third-order valence-electron chi connectivity index (χ3n) is 0.772. The Balaban J connectivity index is 2.50. The van der Waals surface area contributed by atoms with Crippen molar-refractivity contribution in [2.24, 2.45) is 0 Å². The first-order chi connectivity index (χ1) is 3.39. The zero-order valence-corrected chi connectivity index (χ0v) is 4.57. The summed E-state index contributed by atoms with van der Waals surface area (Å²) in [5, 5.41) is 3.55. The van der Waals surface area contributed by atoms with Crippen molar-refractivity contribution in [3.8, 4) is 0 Å². The first kappa shape index (κ1) is 4.72. The second-order valence-corrected chi connectivity index (χ2v) is 1.74. The molecule has 0 atom stereocenters. The molecule has 0 aromatic heterocycles. The second-order valence-electron chi connectivity index (χ2n) is 1.33. The molecule has 0 radical (unpaired) electrons. The highest BCUT2D eigenvalue weighted by Gasteiger charge is 1.87. The molecule has 0 spiro atoms. The minimum absolute atomic E-state index is 0.725. The molecule has 0 unspecified atom stereocenters. The number of nitrogens with one attached hydrogen (secondary N) is 1. The lowest BCUT2D eigenvalue weighted by atomic mass is 10.4. The lowest BCUT2D eigenvalue weighted by molar-refractivity contribution is 1.08. The smallest absolute Gasteiger partial charge is 0.102 e. The maximum atomic E-state index is 5.52. The van der Waals surface area contributed by atoms with Gasteiger partial charge < -0.3 is 5.32 Å². The fraction of sp³-hybridized carbons (Fsp3) is 0.200. The quantitative estimate of drug-likeness (QED) is 0.473. The Kier molecular flexibility index (Phi) is 1.37. The van der Waals surface area contributed by atoms with Gasteiger partial charge in [-0.05, 0) is 18.7 Å². The van der Waals surface area contributed by atoms with Gasteiger partial charge in [-0.1, -0.05) is 17.7 Å². The molecule has 0 amide bonds. The van der Waals surface area contributed by atoms with Crippen molar-refractivity contribution in [2.45, 2.75) is 6.42 Å². The standard InChI is InChI=1S/C5H6ClN/c6-5-3-1-2-4-7-5/h2-4,7H,1H2. The van der Waals surface area contributed by atoms with Crippen LogP contribution < -0.4 is 5.32 Å². The maximum absolute atomic E-state index is 5.52. The monoisotopic (exact) mass is 115 g/mol. The van der Waals surface area contributed by atoms with Crippen LogP contribution in [0.15, 0.2) is 23.5 Å². The summed E-state index contributed by atoms with van der Waals surface area (Å²) in [5.74, 6) is 0. The van der Waals surface area contributed by atoms with E-state index in [0.717, 1.165) is 11.6 Å². The van der Waals surface area contributed by atoms with Gasteiger partial charge in [0.15, 0.2) is 0 Å². The number of dihydropyridines is 1. The van der Waals surface area contributed by atoms with E-state index in [9.17, 15) is 0 Å². The average Bonchev–Trinajstić information content (AvgIpc) is 1.69. The van der Waals surface area contributed by atoms with Gasteiger partial charge in [0.1, 0.15) is 5.16 Å². The molecule has 0 aliphatic carbocycles. The van der Waals surface area contributed by atoms with Crippen LogP contribution in [0.4, 0.5) is 0 Å². The van der Waals surface area contributed by atoms with Crippen LogP contribution in [0, 0.1) is 0 Å². The van der Waals surface area contributed by atoms with Crippen LogP contribution in [0.2, 0.25) is 0 Å². The molecule has 0 saturated carbocycles. The van der Waals surface area contributed by atoms with Crippen molar-refractivity contribution < 1.29 is 0 Å². The van der Waals surface area contributed by atoms with Crippen molar-refractivity contribution in [2.75, 3.05) is 0 Å². The van der Waals surface area contributed by atoms with Gasteiger partial charge in [0, 0.05) is 0 Å². The molecule has 7 heavy (non-hydrogen) atoms. The molecule has 0 fully saturated rings. The Bertz CT molecular complexity index is 115. The van der Waals surface area contributed by atoms with Crippen LogP contribution in [0.25, 0.3) is 0 Å². The maximum Gasteiger partial charge on any atom is 0.102 e. The van der Waals surface area contributed by atoms with Crippen LogP contribution in [0.1, 0.15) is 6.42 Å². The van der Waals surface area contributed by atoms with Crippen LogP contribution >= 0.6 is 11.6 Å². The van der Waals surface area contributed by atoms with Gasteiger partial charge in [-0.3, -0.25) is 0 Å². The highest BCUT2D eigenvalue weighted by molar-refractivity contribution is 6.29. The summed E-state index contributed by atoms with van der Waals surface area (Å²) in [7, 11) is 0. The molecule has 0 aromatic carbocycles. The highest BCUT2D eigenvalue weighted by Crippen LogP contribution is 2.02. The molecule has 0 saturated heterocycles. The Hall–Kier alpha value is -0.430. The molecular formula is C5H6ClN. The van der Waals surface area contributed by atoms with Gasteiger partial charge in [0.2, 0.25) is 0 Å². The summed E-state index contributed by atoms with van der Waals surface area (Å²) >= 11 is 5.52. The molecular weight excluding hydrogens is 110 g/mol. The molecule has 1 aliphatic heterocycles. The fourth-order valence-electron chi connectivity index (χ4n) is 0.437. The largest absolute Gasteiger partial charge is 0.353 e. The lowest BCUT2D eigenvalue weighted by Gasteiger charge is -1.99. The fourth-order valence-corrected chi connectivity index (χ4v) is 0.589. The normalized spacial score (nSPS) is 18.1. The van der Waals surface area contributed by atoms with Crippen LogP contribution in [-0.4, -0.2) is 0 Å². The molecule has 38 valence electrons. The summed E-state index contributed by atoms with van der Waals surface area (Å²) in [5.41, 5.74) is 0. The van der Waals surface area contributed by atoms with Crippen molar-refractivity contribution in [1.29, 1.82) is 0 Å². The Morgan fingerprint density at radius 2 is 2.57 bits per heavy atom. The van der Waals surface area contributed by atoms with Crippen molar-refractivity contribution in [3.63, 3.8) is 0 Å². The molecule has 1 nitrogen and oxygen atoms in total. The van der Waals surface area contributed by atoms with E-state index in [0.29, 0.717) is 0 Å². The van der Waals surface area contributed by atoms with Crippen molar-refractivity contribution in [3.05, 3.63) is 23.5 Å². The summed E-state index contributed by atoms with van der Waals surface area (Å²) in [6.45, 7) is 0. The zero-order chi connectivity index (χ0) is 5.11. The van der Waals surface area contributed by atoms with Gasteiger partial charge in [0.25, 0.3) is 0 Å². The molecule has 1 rings (SSSR count). The summed E-state index contributed by atoms with van der Waals surface area (Å²) in [6, 6.07) is 0. The third-order valence-corrected chi connectivity index (χ3v) is 1.04. The zero-order valence-electron chi connectivity index (χ0n) is 3.82. The second kappa shape index (κ2) is 2.03. The first-order valence-corrected chi connectivity index (χ1v) is 2.54. The van der Waals surface area contributed by atoms with E-state index in [1.165, 1.54) is 0 Å².